The van der Waals surface area contributed by atoms with E-state index in [4.69, 9.17) is 18.9 Å². The second-order valence-electron chi connectivity index (χ2n) is 4.61. The van der Waals surface area contributed by atoms with Gasteiger partial charge in [-0.15, -0.1) is 0 Å². The van der Waals surface area contributed by atoms with Crippen molar-refractivity contribution in [2.75, 3.05) is 6.61 Å². The lowest BCUT2D eigenvalue weighted by Crippen LogP contribution is -2.47. The summed E-state index contributed by atoms with van der Waals surface area (Å²) < 4.78 is 20.9. The first-order valence-electron chi connectivity index (χ1n) is 7.20. The third kappa shape index (κ3) is 5.71. The highest BCUT2D eigenvalue weighted by atomic mass is 16.7. The van der Waals surface area contributed by atoms with Crippen LogP contribution in [0, 0.1) is 0 Å². The van der Waals surface area contributed by atoms with Crippen LogP contribution in [0.4, 0.5) is 0 Å². The number of hydrogen-bond donors (Lipinski definition) is 0. The predicted octanol–water partition coefficient (Wildman–Crippen LogP) is 1.33. The zero-order valence-electron chi connectivity index (χ0n) is 12.6. The normalized spacial score (nSPS) is 25.0. The number of carbonyl (C=O) groups is 3. The molecule has 3 atom stereocenters. The Balaban J connectivity index is 2.66. The van der Waals surface area contributed by atoms with Gasteiger partial charge < -0.3 is 18.9 Å². The first kappa shape index (κ1) is 17.4. The third-order valence-corrected chi connectivity index (χ3v) is 2.98. The minimum atomic E-state index is -0.788. The molecule has 7 nitrogen and oxygen atoms in total. The van der Waals surface area contributed by atoms with E-state index in [1.807, 2.05) is 0 Å². The molecule has 1 saturated heterocycles. The monoisotopic (exact) mass is 302 g/mol. The van der Waals surface area contributed by atoms with Gasteiger partial charge in [0, 0.05) is 19.3 Å². The minimum Gasteiger partial charge on any atom is -0.458 e. The SMILES string of the molecule is CCC(=O)O[C@H]1C[C@@H](OC(=O)CC)[C@@H](OC(=O)CC)CO1. The van der Waals surface area contributed by atoms with E-state index in [2.05, 4.69) is 0 Å². The van der Waals surface area contributed by atoms with Crippen LogP contribution in [-0.4, -0.2) is 43.0 Å². The van der Waals surface area contributed by atoms with Gasteiger partial charge in [0.05, 0.1) is 13.0 Å². The zero-order valence-corrected chi connectivity index (χ0v) is 12.6. The van der Waals surface area contributed by atoms with Crippen molar-refractivity contribution in [1.82, 2.24) is 0 Å². The van der Waals surface area contributed by atoms with Gasteiger partial charge >= 0.3 is 17.9 Å². The molecule has 1 heterocycles. The fourth-order valence-electron chi connectivity index (χ4n) is 1.77. The van der Waals surface area contributed by atoms with Crippen LogP contribution in [0.5, 0.6) is 0 Å². The molecule has 0 aromatic heterocycles. The van der Waals surface area contributed by atoms with Gasteiger partial charge in [0.25, 0.3) is 0 Å². The maximum absolute atomic E-state index is 11.5. The van der Waals surface area contributed by atoms with Crippen molar-refractivity contribution in [1.29, 1.82) is 0 Å². The predicted molar refractivity (Wildman–Crippen MR) is 71.1 cm³/mol. The molecule has 0 saturated carbocycles. The molecule has 120 valence electrons. The van der Waals surface area contributed by atoms with Gasteiger partial charge in [-0.05, 0) is 0 Å². The van der Waals surface area contributed by atoms with Crippen molar-refractivity contribution in [3.05, 3.63) is 0 Å². The quantitative estimate of drug-likeness (QED) is 0.540. The molecule has 21 heavy (non-hydrogen) atoms. The topological polar surface area (TPSA) is 88.1 Å². The molecule has 0 aromatic rings. The molecule has 0 bridgehead atoms. The average molecular weight is 302 g/mol. The molecule has 0 radical (unpaired) electrons. The lowest BCUT2D eigenvalue weighted by molar-refractivity contribution is -0.230. The summed E-state index contributed by atoms with van der Waals surface area (Å²) in [5.41, 5.74) is 0. The van der Waals surface area contributed by atoms with E-state index in [-0.39, 0.29) is 32.3 Å². The maximum atomic E-state index is 11.5. The van der Waals surface area contributed by atoms with Crippen molar-refractivity contribution < 1.29 is 33.3 Å². The highest BCUT2D eigenvalue weighted by molar-refractivity contribution is 5.70. The Morgan fingerprint density at radius 1 is 0.857 bits per heavy atom. The molecule has 0 spiro atoms. The van der Waals surface area contributed by atoms with Crippen molar-refractivity contribution >= 4 is 17.9 Å². The van der Waals surface area contributed by atoms with Crippen molar-refractivity contribution in [3.8, 4) is 0 Å². The Bertz CT molecular complexity index is 380. The second-order valence-corrected chi connectivity index (χ2v) is 4.61. The van der Waals surface area contributed by atoms with E-state index in [1.54, 1.807) is 20.8 Å². The van der Waals surface area contributed by atoms with Crippen LogP contribution in [0.15, 0.2) is 0 Å². The second kappa shape index (κ2) is 8.61. The van der Waals surface area contributed by atoms with E-state index in [0.717, 1.165) is 0 Å². The van der Waals surface area contributed by atoms with Gasteiger partial charge in [-0.1, -0.05) is 20.8 Å². The molecular weight excluding hydrogens is 280 g/mol. The van der Waals surface area contributed by atoms with Gasteiger partial charge in [0.15, 0.2) is 6.10 Å². The number of esters is 3. The van der Waals surface area contributed by atoms with Gasteiger partial charge in [0.1, 0.15) is 6.10 Å². The summed E-state index contributed by atoms with van der Waals surface area (Å²) in [7, 11) is 0. The fraction of sp³-hybridized carbons (Fsp3) is 0.786. The van der Waals surface area contributed by atoms with Crippen molar-refractivity contribution in [3.63, 3.8) is 0 Å². The van der Waals surface area contributed by atoms with Crippen LogP contribution in [0.25, 0.3) is 0 Å². The molecule has 7 heteroatoms. The van der Waals surface area contributed by atoms with Gasteiger partial charge in [-0.25, -0.2) is 0 Å². The summed E-state index contributed by atoms with van der Waals surface area (Å²) in [5, 5.41) is 0. The van der Waals surface area contributed by atoms with Crippen LogP contribution in [0.1, 0.15) is 46.5 Å². The average Bonchev–Trinajstić information content (AvgIpc) is 2.49. The van der Waals surface area contributed by atoms with Crippen molar-refractivity contribution in [2.45, 2.75) is 65.0 Å². The molecule has 1 rings (SSSR count). The van der Waals surface area contributed by atoms with E-state index in [9.17, 15) is 14.4 Å². The molecule has 0 unspecified atom stereocenters. The molecule has 0 aromatic carbocycles. The Labute approximate surface area is 123 Å². The maximum Gasteiger partial charge on any atom is 0.307 e. The largest absolute Gasteiger partial charge is 0.458 e. The molecule has 0 N–H and O–H groups in total. The Kier molecular flexibility index (Phi) is 7.14. The van der Waals surface area contributed by atoms with Gasteiger partial charge in [0.2, 0.25) is 6.29 Å². The molecular formula is C14H22O7. The lowest BCUT2D eigenvalue weighted by Gasteiger charge is -2.34. The summed E-state index contributed by atoms with van der Waals surface area (Å²) in [6.45, 7) is 5.04. The zero-order chi connectivity index (χ0) is 15.8. The Morgan fingerprint density at radius 3 is 1.86 bits per heavy atom. The smallest absolute Gasteiger partial charge is 0.307 e. The third-order valence-electron chi connectivity index (χ3n) is 2.98. The van der Waals surface area contributed by atoms with Crippen LogP contribution in [0.3, 0.4) is 0 Å². The van der Waals surface area contributed by atoms with E-state index >= 15 is 0 Å². The van der Waals surface area contributed by atoms with Crippen LogP contribution < -0.4 is 0 Å². The summed E-state index contributed by atoms with van der Waals surface area (Å²) in [4.78, 5) is 34.1. The summed E-state index contributed by atoms with van der Waals surface area (Å²) >= 11 is 0. The minimum absolute atomic E-state index is 0.0229. The summed E-state index contributed by atoms with van der Waals surface area (Å²) in [6, 6.07) is 0. The van der Waals surface area contributed by atoms with Crippen LogP contribution in [0.2, 0.25) is 0 Å². The highest BCUT2D eigenvalue weighted by Crippen LogP contribution is 2.22. The Hall–Kier alpha value is -1.63. The van der Waals surface area contributed by atoms with Crippen LogP contribution in [-0.2, 0) is 33.3 Å². The highest BCUT2D eigenvalue weighted by Gasteiger charge is 2.37. The first-order valence-corrected chi connectivity index (χ1v) is 7.20. The standard InChI is InChI=1S/C14H22O7/c1-4-11(15)19-9-7-14(21-13(17)6-3)18-8-10(9)20-12(16)5-2/h9-10,14H,4-8H2,1-3H3/t9-,10+,14+/m1/s1. The molecule has 0 aliphatic carbocycles. The molecule has 1 aliphatic heterocycles. The number of ether oxygens (including phenoxy) is 4. The Morgan fingerprint density at radius 2 is 1.33 bits per heavy atom. The first-order chi connectivity index (χ1) is 9.99. The number of hydrogen-bond acceptors (Lipinski definition) is 7. The van der Waals surface area contributed by atoms with E-state index in [1.165, 1.54) is 0 Å². The van der Waals surface area contributed by atoms with Crippen LogP contribution >= 0.6 is 0 Å². The fourth-order valence-corrected chi connectivity index (χ4v) is 1.77. The van der Waals surface area contributed by atoms with E-state index < -0.39 is 36.4 Å². The van der Waals surface area contributed by atoms with Crippen molar-refractivity contribution in [2.24, 2.45) is 0 Å². The van der Waals surface area contributed by atoms with Gasteiger partial charge in [-0.3, -0.25) is 14.4 Å². The molecule has 1 fully saturated rings. The lowest BCUT2D eigenvalue weighted by atomic mass is 10.1. The molecule has 0 amide bonds. The van der Waals surface area contributed by atoms with Gasteiger partial charge in [-0.2, -0.15) is 0 Å². The van der Waals surface area contributed by atoms with E-state index in [0.29, 0.717) is 0 Å². The molecule has 1 aliphatic rings. The summed E-state index contributed by atoms with van der Waals surface area (Å²) in [6.07, 6.45) is -1.32. The number of carbonyl (C=O) groups excluding carboxylic acids is 3. The summed E-state index contributed by atoms with van der Waals surface area (Å²) in [5.74, 6) is -1.20. The number of rotatable bonds is 6.